The molecule has 2 saturated heterocycles. The molecule has 3 rings (SSSR count). The molecule has 130 valence electrons. The van der Waals surface area contributed by atoms with E-state index < -0.39 is 0 Å². The van der Waals surface area contributed by atoms with E-state index in [0.717, 1.165) is 12.8 Å². The summed E-state index contributed by atoms with van der Waals surface area (Å²) in [6, 6.07) is 4.34. The van der Waals surface area contributed by atoms with Crippen molar-refractivity contribution in [1.29, 1.82) is 0 Å². The summed E-state index contributed by atoms with van der Waals surface area (Å²) >= 11 is 0. The molecule has 1 aromatic rings. The van der Waals surface area contributed by atoms with E-state index in [0.29, 0.717) is 44.0 Å². The van der Waals surface area contributed by atoms with Crippen LogP contribution in [0.2, 0.25) is 0 Å². The highest BCUT2D eigenvalue weighted by atomic mass is 19.1. The average Bonchev–Trinajstić information content (AvgIpc) is 3.12. The van der Waals surface area contributed by atoms with Crippen LogP contribution in [0.15, 0.2) is 18.2 Å². The van der Waals surface area contributed by atoms with Gasteiger partial charge in [-0.1, -0.05) is 6.07 Å². The second kappa shape index (κ2) is 7.17. The molecule has 0 bridgehead atoms. The first-order valence-corrected chi connectivity index (χ1v) is 8.27. The number of rotatable bonds is 2. The van der Waals surface area contributed by atoms with Crippen LogP contribution in [0.1, 0.15) is 18.4 Å². The average molecular weight is 335 g/mol. The fourth-order valence-corrected chi connectivity index (χ4v) is 2.98. The van der Waals surface area contributed by atoms with Crippen LogP contribution in [0.25, 0.3) is 0 Å². The molecule has 2 aliphatic rings. The Balaban J connectivity index is 1.51. The number of hydrogen-bond acceptors (Lipinski definition) is 3. The van der Waals surface area contributed by atoms with Gasteiger partial charge in [-0.3, -0.25) is 4.79 Å². The van der Waals surface area contributed by atoms with E-state index in [-0.39, 0.29) is 23.9 Å². The lowest BCUT2D eigenvalue weighted by molar-refractivity contribution is -0.142. The van der Waals surface area contributed by atoms with Gasteiger partial charge in [0.25, 0.3) is 5.91 Å². The van der Waals surface area contributed by atoms with Crippen molar-refractivity contribution in [2.45, 2.75) is 25.9 Å². The van der Waals surface area contributed by atoms with Crippen molar-refractivity contribution >= 4 is 17.6 Å². The second-order valence-corrected chi connectivity index (χ2v) is 6.21. The van der Waals surface area contributed by atoms with Crippen LogP contribution in [0.4, 0.5) is 14.9 Å². The van der Waals surface area contributed by atoms with Crippen LogP contribution >= 0.6 is 0 Å². The number of benzene rings is 1. The molecule has 0 aromatic heterocycles. The number of ether oxygens (including phenoxy) is 1. The van der Waals surface area contributed by atoms with Crippen molar-refractivity contribution < 1.29 is 18.7 Å². The van der Waals surface area contributed by atoms with Gasteiger partial charge in [0, 0.05) is 38.5 Å². The van der Waals surface area contributed by atoms with Gasteiger partial charge in [0.1, 0.15) is 11.9 Å². The van der Waals surface area contributed by atoms with Crippen LogP contribution < -0.4 is 5.32 Å². The van der Waals surface area contributed by atoms with E-state index in [1.54, 1.807) is 28.9 Å². The summed E-state index contributed by atoms with van der Waals surface area (Å²) in [5, 5.41) is 2.70. The summed E-state index contributed by atoms with van der Waals surface area (Å²) in [5.41, 5.74) is 0.968. The number of aryl methyl sites for hydroxylation is 1. The first-order valence-electron chi connectivity index (χ1n) is 8.27. The minimum atomic E-state index is -0.347. The van der Waals surface area contributed by atoms with E-state index in [9.17, 15) is 14.0 Å². The lowest BCUT2D eigenvalue weighted by atomic mass is 10.2. The summed E-state index contributed by atoms with van der Waals surface area (Å²) in [6.07, 6.45) is 1.38. The first-order chi connectivity index (χ1) is 11.5. The van der Waals surface area contributed by atoms with Gasteiger partial charge in [0.05, 0.1) is 0 Å². The smallest absolute Gasteiger partial charge is 0.321 e. The second-order valence-electron chi connectivity index (χ2n) is 6.21. The summed E-state index contributed by atoms with van der Waals surface area (Å²) in [4.78, 5) is 27.9. The molecule has 1 aromatic carbocycles. The maximum Gasteiger partial charge on any atom is 0.321 e. The third-order valence-corrected chi connectivity index (χ3v) is 4.51. The molecule has 0 spiro atoms. The van der Waals surface area contributed by atoms with Gasteiger partial charge in [-0.05, 0) is 37.5 Å². The number of nitrogens with one attached hydrogen (secondary N) is 1. The summed E-state index contributed by atoms with van der Waals surface area (Å²) in [5.74, 6) is -0.326. The lowest BCUT2D eigenvalue weighted by Gasteiger charge is -2.35. The largest absolute Gasteiger partial charge is 0.368 e. The number of halogens is 1. The zero-order valence-corrected chi connectivity index (χ0v) is 13.8. The number of carbonyl (C=O) groups excluding carboxylic acids is 2. The number of nitrogens with zero attached hydrogens (tertiary/aromatic N) is 2. The molecule has 2 aliphatic heterocycles. The van der Waals surface area contributed by atoms with Crippen LogP contribution in [0.3, 0.4) is 0 Å². The minimum Gasteiger partial charge on any atom is -0.368 e. The fourth-order valence-electron chi connectivity index (χ4n) is 2.98. The Hall–Kier alpha value is -2.15. The van der Waals surface area contributed by atoms with Gasteiger partial charge in [0.15, 0.2) is 0 Å². The molecule has 2 heterocycles. The number of anilines is 1. The van der Waals surface area contributed by atoms with Crippen LogP contribution in [-0.4, -0.2) is 60.6 Å². The quantitative estimate of drug-likeness (QED) is 0.899. The van der Waals surface area contributed by atoms with Gasteiger partial charge >= 0.3 is 6.03 Å². The topological polar surface area (TPSA) is 61.9 Å². The monoisotopic (exact) mass is 335 g/mol. The minimum absolute atomic E-state index is 0.0214. The van der Waals surface area contributed by atoms with E-state index in [2.05, 4.69) is 5.32 Å². The normalized spacial score (nSPS) is 21.0. The Morgan fingerprint density at radius 3 is 2.54 bits per heavy atom. The van der Waals surface area contributed by atoms with Gasteiger partial charge in [-0.2, -0.15) is 0 Å². The van der Waals surface area contributed by atoms with Crippen molar-refractivity contribution in [3.05, 3.63) is 29.6 Å². The fraction of sp³-hybridized carbons (Fsp3) is 0.529. The molecule has 7 heteroatoms. The van der Waals surface area contributed by atoms with Crippen LogP contribution in [-0.2, 0) is 9.53 Å². The zero-order valence-electron chi connectivity index (χ0n) is 13.8. The third kappa shape index (κ3) is 3.67. The predicted octanol–water partition coefficient (Wildman–Crippen LogP) is 1.99. The highest BCUT2D eigenvalue weighted by Crippen LogP contribution is 2.17. The van der Waals surface area contributed by atoms with Gasteiger partial charge < -0.3 is 19.9 Å². The van der Waals surface area contributed by atoms with E-state index in [1.807, 2.05) is 0 Å². The predicted molar refractivity (Wildman–Crippen MR) is 87.3 cm³/mol. The Bertz CT molecular complexity index is 624. The maximum absolute atomic E-state index is 13.5. The Morgan fingerprint density at radius 2 is 1.92 bits per heavy atom. The molecule has 6 nitrogen and oxygen atoms in total. The summed E-state index contributed by atoms with van der Waals surface area (Å²) in [7, 11) is 0. The van der Waals surface area contributed by atoms with Crippen molar-refractivity contribution in [2.75, 3.05) is 38.1 Å². The molecular formula is C17H22FN3O3. The lowest BCUT2D eigenvalue weighted by Crippen LogP contribution is -2.53. The summed E-state index contributed by atoms with van der Waals surface area (Å²) in [6.45, 7) is 4.22. The molecule has 3 amide bonds. The first kappa shape index (κ1) is 16.7. The molecule has 0 aliphatic carbocycles. The Kier molecular flexibility index (Phi) is 4.99. The summed E-state index contributed by atoms with van der Waals surface area (Å²) < 4.78 is 19.0. The van der Waals surface area contributed by atoms with Crippen molar-refractivity contribution in [3.8, 4) is 0 Å². The van der Waals surface area contributed by atoms with E-state index >= 15 is 0 Å². The number of carbonyl (C=O) groups is 2. The molecular weight excluding hydrogens is 313 g/mol. The molecule has 1 atom stereocenters. The number of amides is 3. The molecule has 1 unspecified atom stereocenters. The van der Waals surface area contributed by atoms with Gasteiger partial charge in [-0.25, -0.2) is 9.18 Å². The molecule has 0 saturated carbocycles. The van der Waals surface area contributed by atoms with E-state index in [4.69, 9.17) is 4.74 Å². The van der Waals surface area contributed by atoms with Gasteiger partial charge in [-0.15, -0.1) is 0 Å². The van der Waals surface area contributed by atoms with Crippen LogP contribution in [0, 0.1) is 12.7 Å². The Labute approximate surface area is 140 Å². The molecule has 24 heavy (non-hydrogen) atoms. The third-order valence-electron chi connectivity index (χ3n) is 4.51. The molecule has 0 radical (unpaired) electrons. The number of hydrogen-bond donors (Lipinski definition) is 1. The van der Waals surface area contributed by atoms with Crippen molar-refractivity contribution in [3.63, 3.8) is 0 Å². The number of urea groups is 1. The highest BCUT2D eigenvalue weighted by Gasteiger charge is 2.31. The standard InChI is InChI=1S/C17H22FN3O3/c1-12-4-5-13(11-14(12)18)19-17(23)21-8-6-20(7-9-21)16(22)15-3-2-10-24-15/h4-5,11,15H,2-3,6-10H2,1H3,(H,19,23). The van der Waals surface area contributed by atoms with Crippen molar-refractivity contribution in [2.24, 2.45) is 0 Å². The van der Waals surface area contributed by atoms with E-state index in [1.165, 1.54) is 6.07 Å². The van der Waals surface area contributed by atoms with Crippen LogP contribution in [0.5, 0.6) is 0 Å². The Morgan fingerprint density at radius 1 is 1.21 bits per heavy atom. The maximum atomic E-state index is 13.5. The van der Waals surface area contributed by atoms with Gasteiger partial charge in [0.2, 0.25) is 0 Å². The SMILES string of the molecule is Cc1ccc(NC(=O)N2CCN(C(=O)C3CCCO3)CC2)cc1F. The zero-order chi connectivity index (χ0) is 17.1. The van der Waals surface area contributed by atoms with Crippen molar-refractivity contribution in [1.82, 2.24) is 9.80 Å². The number of piperazine rings is 1. The molecule has 1 N–H and O–H groups in total. The highest BCUT2D eigenvalue weighted by molar-refractivity contribution is 5.89. The molecule has 2 fully saturated rings.